The summed E-state index contributed by atoms with van der Waals surface area (Å²) < 4.78 is 0. The second kappa shape index (κ2) is 4.45. The molecule has 0 saturated carbocycles. The molecule has 0 bridgehead atoms. The van der Waals surface area contributed by atoms with Crippen LogP contribution in [0.1, 0.15) is 37.6 Å². The number of hydroxylamine groups is 1. The summed E-state index contributed by atoms with van der Waals surface area (Å²) in [5, 5.41) is 11.2. The highest BCUT2D eigenvalue weighted by Crippen LogP contribution is 2.43. The van der Waals surface area contributed by atoms with Crippen LogP contribution in [-0.4, -0.2) is 33.5 Å². The van der Waals surface area contributed by atoms with E-state index in [-0.39, 0.29) is 23.1 Å². The standard InChI is InChI=1S/C15H17ClN2O3/c1-8-6-12-14(20)18(21)11-5-4-9(16)7-10(11)13(19)17(12)15(8,2)3/h4-5,7-8,12,21H,6H2,1-3H3. The normalized spacial score (nSPS) is 27.5. The van der Waals surface area contributed by atoms with Gasteiger partial charge in [0.1, 0.15) is 6.04 Å². The number of amides is 2. The molecule has 21 heavy (non-hydrogen) atoms. The van der Waals surface area contributed by atoms with Crippen molar-refractivity contribution < 1.29 is 14.8 Å². The van der Waals surface area contributed by atoms with Crippen LogP contribution in [0.5, 0.6) is 0 Å². The molecule has 0 spiro atoms. The van der Waals surface area contributed by atoms with E-state index in [2.05, 4.69) is 0 Å². The molecule has 112 valence electrons. The third kappa shape index (κ3) is 1.88. The van der Waals surface area contributed by atoms with Crippen LogP contribution in [0, 0.1) is 5.92 Å². The molecular formula is C15H17ClN2O3. The van der Waals surface area contributed by atoms with Gasteiger partial charge in [-0.3, -0.25) is 14.8 Å². The van der Waals surface area contributed by atoms with E-state index in [1.54, 1.807) is 11.0 Å². The average molecular weight is 309 g/mol. The second-order valence-corrected chi connectivity index (χ2v) is 6.73. The highest BCUT2D eigenvalue weighted by Gasteiger charge is 2.53. The Kier molecular flexibility index (Phi) is 3.04. The summed E-state index contributed by atoms with van der Waals surface area (Å²) in [4.78, 5) is 27.0. The van der Waals surface area contributed by atoms with Gasteiger partial charge in [-0.1, -0.05) is 18.5 Å². The average Bonchev–Trinajstić information content (AvgIpc) is 2.63. The molecule has 3 rings (SSSR count). The maximum Gasteiger partial charge on any atom is 0.273 e. The predicted octanol–water partition coefficient (Wildman–Crippen LogP) is 2.71. The minimum absolute atomic E-state index is 0.157. The molecule has 2 unspecified atom stereocenters. The number of fused-ring (bicyclic) bond motifs is 2. The van der Waals surface area contributed by atoms with Gasteiger partial charge in [-0.25, -0.2) is 0 Å². The van der Waals surface area contributed by atoms with Crippen LogP contribution in [0.15, 0.2) is 18.2 Å². The van der Waals surface area contributed by atoms with Crippen molar-refractivity contribution in [2.24, 2.45) is 5.92 Å². The van der Waals surface area contributed by atoms with Crippen molar-refractivity contribution in [3.63, 3.8) is 0 Å². The van der Waals surface area contributed by atoms with E-state index in [9.17, 15) is 14.8 Å². The van der Waals surface area contributed by atoms with Gasteiger partial charge in [0.05, 0.1) is 11.3 Å². The Bertz CT molecular complexity index is 644. The summed E-state index contributed by atoms with van der Waals surface area (Å²) in [5.41, 5.74) is -0.0161. The van der Waals surface area contributed by atoms with Gasteiger partial charge in [-0.05, 0) is 44.4 Å². The second-order valence-electron chi connectivity index (χ2n) is 6.29. The zero-order valence-corrected chi connectivity index (χ0v) is 12.9. The lowest BCUT2D eigenvalue weighted by molar-refractivity contribution is -0.127. The Morgan fingerprint density at radius 3 is 2.67 bits per heavy atom. The number of hydrogen-bond acceptors (Lipinski definition) is 3. The topological polar surface area (TPSA) is 60.9 Å². The van der Waals surface area contributed by atoms with Crippen molar-refractivity contribution in [3.05, 3.63) is 28.8 Å². The molecule has 1 saturated heterocycles. The van der Waals surface area contributed by atoms with Crippen molar-refractivity contribution in [3.8, 4) is 0 Å². The maximum atomic E-state index is 12.9. The van der Waals surface area contributed by atoms with E-state index in [0.29, 0.717) is 16.5 Å². The first-order valence-electron chi connectivity index (χ1n) is 6.91. The summed E-state index contributed by atoms with van der Waals surface area (Å²) >= 11 is 5.97. The summed E-state index contributed by atoms with van der Waals surface area (Å²) in [7, 11) is 0. The summed E-state index contributed by atoms with van der Waals surface area (Å²) in [6.07, 6.45) is 0.538. The Hall–Kier alpha value is -1.59. The van der Waals surface area contributed by atoms with Crippen molar-refractivity contribution in [1.29, 1.82) is 0 Å². The Labute approximate surface area is 128 Å². The van der Waals surface area contributed by atoms with E-state index in [1.165, 1.54) is 12.1 Å². The minimum Gasteiger partial charge on any atom is -0.321 e. The smallest absolute Gasteiger partial charge is 0.273 e. The Balaban J connectivity index is 2.22. The first-order chi connectivity index (χ1) is 9.75. The van der Waals surface area contributed by atoms with Crippen LogP contribution < -0.4 is 5.06 Å². The van der Waals surface area contributed by atoms with Crippen LogP contribution in [0.4, 0.5) is 5.69 Å². The lowest BCUT2D eigenvalue weighted by atomic mass is 9.89. The minimum atomic E-state index is -0.640. The lowest BCUT2D eigenvalue weighted by Crippen LogP contribution is -2.51. The first kappa shape index (κ1) is 14.4. The van der Waals surface area contributed by atoms with Crippen molar-refractivity contribution in [1.82, 2.24) is 4.90 Å². The number of hydrogen-bond donors (Lipinski definition) is 1. The third-order valence-corrected chi connectivity index (χ3v) is 5.08. The molecular weight excluding hydrogens is 292 g/mol. The van der Waals surface area contributed by atoms with E-state index in [0.717, 1.165) is 0 Å². The highest BCUT2D eigenvalue weighted by molar-refractivity contribution is 6.31. The van der Waals surface area contributed by atoms with Gasteiger partial charge in [0.2, 0.25) is 0 Å². The van der Waals surface area contributed by atoms with Gasteiger partial charge in [-0.15, -0.1) is 0 Å². The van der Waals surface area contributed by atoms with E-state index in [4.69, 9.17) is 11.6 Å². The number of benzene rings is 1. The Morgan fingerprint density at radius 2 is 2.00 bits per heavy atom. The summed E-state index contributed by atoms with van der Waals surface area (Å²) in [6.45, 7) is 5.90. The molecule has 5 nitrogen and oxygen atoms in total. The zero-order chi connectivity index (χ0) is 15.5. The van der Waals surface area contributed by atoms with Gasteiger partial charge >= 0.3 is 0 Å². The van der Waals surface area contributed by atoms with Crippen molar-refractivity contribution in [2.75, 3.05) is 5.06 Å². The molecule has 2 amide bonds. The zero-order valence-electron chi connectivity index (χ0n) is 12.1. The number of nitrogens with zero attached hydrogens (tertiary/aromatic N) is 2. The quantitative estimate of drug-likeness (QED) is 0.750. The van der Waals surface area contributed by atoms with E-state index in [1.807, 2.05) is 20.8 Å². The lowest BCUT2D eigenvalue weighted by Gasteiger charge is -2.36. The van der Waals surface area contributed by atoms with Gasteiger partial charge in [0.15, 0.2) is 0 Å². The molecule has 2 aliphatic heterocycles. The van der Waals surface area contributed by atoms with E-state index >= 15 is 0 Å². The molecule has 0 aromatic heterocycles. The molecule has 0 radical (unpaired) electrons. The highest BCUT2D eigenvalue weighted by atomic mass is 35.5. The summed E-state index contributed by atoms with van der Waals surface area (Å²) in [6, 6.07) is 3.90. The van der Waals surface area contributed by atoms with Crippen LogP contribution in [0.2, 0.25) is 5.02 Å². The predicted molar refractivity (Wildman–Crippen MR) is 78.5 cm³/mol. The van der Waals surface area contributed by atoms with Crippen LogP contribution in [-0.2, 0) is 4.79 Å². The van der Waals surface area contributed by atoms with Gasteiger partial charge in [0, 0.05) is 10.6 Å². The fourth-order valence-corrected chi connectivity index (χ4v) is 3.41. The fourth-order valence-electron chi connectivity index (χ4n) is 3.24. The molecule has 2 atom stereocenters. The number of anilines is 1. The molecule has 2 aliphatic rings. The maximum absolute atomic E-state index is 12.9. The number of carbonyl (C=O) groups excluding carboxylic acids is 2. The monoisotopic (exact) mass is 308 g/mol. The molecule has 1 N–H and O–H groups in total. The van der Waals surface area contributed by atoms with Gasteiger partial charge in [0.25, 0.3) is 11.8 Å². The fraction of sp³-hybridized carbons (Fsp3) is 0.467. The first-order valence-corrected chi connectivity index (χ1v) is 7.29. The van der Waals surface area contributed by atoms with Crippen molar-refractivity contribution in [2.45, 2.75) is 38.8 Å². The SMILES string of the molecule is CC1CC2C(=O)N(O)c3ccc(Cl)cc3C(=O)N2C1(C)C. The number of carbonyl (C=O) groups is 2. The van der Waals surface area contributed by atoms with Crippen LogP contribution in [0.3, 0.4) is 0 Å². The van der Waals surface area contributed by atoms with Crippen LogP contribution in [0.25, 0.3) is 0 Å². The van der Waals surface area contributed by atoms with Gasteiger partial charge < -0.3 is 4.90 Å². The Morgan fingerprint density at radius 1 is 1.33 bits per heavy atom. The molecule has 0 aliphatic carbocycles. The molecule has 2 heterocycles. The molecule has 6 heteroatoms. The van der Waals surface area contributed by atoms with Gasteiger partial charge in [-0.2, -0.15) is 5.06 Å². The number of halogens is 1. The summed E-state index contributed by atoms with van der Waals surface area (Å²) in [5.74, 6) is -0.580. The van der Waals surface area contributed by atoms with Crippen molar-refractivity contribution >= 4 is 29.1 Å². The molecule has 1 aromatic rings. The molecule has 1 aromatic carbocycles. The molecule has 1 fully saturated rings. The van der Waals surface area contributed by atoms with Crippen LogP contribution >= 0.6 is 11.6 Å². The largest absolute Gasteiger partial charge is 0.321 e. The third-order valence-electron chi connectivity index (χ3n) is 4.85. The van der Waals surface area contributed by atoms with E-state index < -0.39 is 17.5 Å². The number of rotatable bonds is 0.